The molecule has 1 atom stereocenters. The van der Waals surface area contributed by atoms with Crippen LogP contribution in [0.3, 0.4) is 0 Å². The van der Waals surface area contributed by atoms with Crippen molar-refractivity contribution in [2.75, 3.05) is 6.54 Å². The van der Waals surface area contributed by atoms with Crippen molar-refractivity contribution in [3.05, 3.63) is 35.0 Å². The van der Waals surface area contributed by atoms with Crippen LogP contribution in [0, 0.1) is 13.8 Å². The Hall–Kier alpha value is -2.11. The monoisotopic (exact) mass is 261 g/mol. The van der Waals surface area contributed by atoms with Gasteiger partial charge in [-0.25, -0.2) is 0 Å². The van der Waals surface area contributed by atoms with Gasteiger partial charge in [0.05, 0.1) is 6.04 Å². The molecule has 1 saturated heterocycles. The van der Waals surface area contributed by atoms with E-state index in [0.717, 1.165) is 24.3 Å². The third-order valence-corrected chi connectivity index (χ3v) is 3.35. The molecule has 100 valence electrons. The molecule has 0 aliphatic carbocycles. The van der Waals surface area contributed by atoms with Crippen LogP contribution in [0.5, 0.6) is 0 Å². The molecule has 1 aliphatic rings. The van der Waals surface area contributed by atoms with E-state index in [1.165, 1.54) is 0 Å². The zero-order valence-corrected chi connectivity index (χ0v) is 10.9. The lowest BCUT2D eigenvalue weighted by atomic mass is 10.1. The van der Waals surface area contributed by atoms with Gasteiger partial charge in [0.25, 0.3) is 5.91 Å². The number of hydrogen-bond donors (Lipinski definition) is 0. The maximum atomic E-state index is 12.4. The van der Waals surface area contributed by atoms with Gasteiger partial charge in [-0.05, 0) is 26.7 Å². The lowest BCUT2D eigenvalue weighted by molar-refractivity contribution is 0.0720. The smallest absolute Gasteiger partial charge is 0.276 e. The van der Waals surface area contributed by atoms with Crippen molar-refractivity contribution in [3.63, 3.8) is 0 Å². The second kappa shape index (κ2) is 4.53. The topological polar surface area (TPSA) is 72.4 Å². The number of amides is 1. The van der Waals surface area contributed by atoms with E-state index in [1.807, 2.05) is 13.0 Å². The number of hydrogen-bond acceptors (Lipinski definition) is 5. The van der Waals surface area contributed by atoms with E-state index >= 15 is 0 Å². The highest BCUT2D eigenvalue weighted by atomic mass is 16.5. The van der Waals surface area contributed by atoms with Gasteiger partial charge in [-0.3, -0.25) is 4.79 Å². The fourth-order valence-electron chi connectivity index (χ4n) is 2.47. The summed E-state index contributed by atoms with van der Waals surface area (Å²) in [4.78, 5) is 14.2. The van der Waals surface area contributed by atoms with Crippen molar-refractivity contribution < 1.29 is 13.8 Å². The maximum Gasteiger partial charge on any atom is 0.276 e. The fraction of sp³-hybridized carbons (Fsp3) is 0.462. The molecular weight excluding hydrogens is 246 g/mol. The molecule has 6 nitrogen and oxygen atoms in total. The molecule has 0 saturated carbocycles. The quantitative estimate of drug-likeness (QED) is 0.829. The number of rotatable bonds is 2. The minimum absolute atomic E-state index is 0.0260. The van der Waals surface area contributed by atoms with Gasteiger partial charge < -0.3 is 13.9 Å². The highest BCUT2D eigenvalue weighted by molar-refractivity contribution is 5.92. The van der Waals surface area contributed by atoms with E-state index in [0.29, 0.717) is 18.0 Å². The van der Waals surface area contributed by atoms with Crippen molar-refractivity contribution >= 4 is 5.91 Å². The molecule has 0 N–H and O–H groups in total. The first-order chi connectivity index (χ1) is 9.15. The summed E-state index contributed by atoms with van der Waals surface area (Å²) in [6.07, 6.45) is 1.85. The van der Waals surface area contributed by atoms with Crippen LogP contribution in [-0.2, 0) is 0 Å². The van der Waals surface area contributed by atoms with Gasteiger partial charge in [0, 0.05) is 18.7 Å². The van der Waals surface area contributed by atoms with Crippen molar-refractivity contribution in [2.24, 2.45) is 0 Å². The molecule has 2 aromatic heterocycles. The van der Waals surface area contributed by atoms with Gasteiger partial charge in [0.2, 0.25) is 0 Å². The predicted molar refractivity (Wildman–Crippen MR) is 65.5 cm³/mol. The molecule has 3 heterocycles. The van der Waals surface area contributed by atoms with Crippen LogP contribution in [0.1, 0.15) is 46.6 Å². The molecule has 1 unspecified atom stereocenters. The van der Waals surface area contributed by atoms with E-state index in [4.69, 9.17) is 9.05 Å². The Morgan fingerprint density at radius 3 is 2.63 bits per heavy atom. The molecule has 1 fully saturated rings. The molecule has 3 rings (SSSR count). The van der Waals surface area contributed by atoms with E-state index in [1.54, 1.807) is 17.9 Å². The van der Waals surface area contributed by atoms with E-state index < -0.39 is 0 Å². The van der Waals surface area contributed by atoms with Gasteiger partial charge >= 0.3 is 0 Å². The summed E-state index contributed by atoms with van der Waals surface area (Å²) in [5, 5.41) is 7.80. The first-order valence-corrected chi connectivity index (χ1v) is 6.32. The Morgan fingerprint density at radius 1 is 1.26 bits per heavy atom. The Balaban J connectivity index is 1.85. The van der Waals surface area contributed by atoms with Crippen LogP contribution >= 0.6 is 0 Å². The highest BCUT2D eigenvalue weighted by Gasteiger charge is 2.33. The largest absolute Gasteiger partial charge is 0.361 e. The average Bonchev–Trinajstić information content (AvgIpc) is 3.07. The van der Waals surface area contributed by atoms with Crippen LogP contribution in [0.15, 0.2) is 21.2 Å². The van der Waals surface area contributed by atoms with Gasteiger partial charge in [0.1, 0.15) is 17.2 Å². The molecule has 2 aromatic rings. The maximum absolute atomic E-state index is 12.4. The number of likely N-dealkylation sites (tertiary alicyclic amines) is 1. The lowest BCUT2D eigenvalue weighted by Gasteiger charge is -2.21. The Kier molecular flexibility index (Phi) is 2.85. The van der Waals surface area contributed by atoms with E-state index in [-0.39, 0.29) is 11.9 Å². The van der Waals surface area contributed by atoms with Crippen LogP contribution in [0.4, 0.5) is 0 Å². The van der Waals surface area contributed by atoms with Crippen LogP contribution in [-0.4, -0.2) is 27.7 Å². The summed E-state index contributed by atoms with van der Waals surface area (Å²) in [5.74, 6) is 1.28. The summed E-state index contributed by atoms with van der Waals surface area (Å²) in [7, 11) is 0. The van der Waals surface area contributed by atoms with Crippen LogP contribution in [0.2, 0.25) is 0 Å². The first-order valence-electron chi connectivity index (χ1n) is 6.32. The van der Waals surface area contributed by atoms with Crippen LogP contribution < -0.4 is 0 Å². The zero-order chi connectivity index (χ0) is 13.4. The summed E-state index contributed by atoms with van der Waals surface area (Å²) in [6, 6.07) is 3.51. The second-order valence-corrected chi connectivity index (χ2v) is 4.84. The summed E-state index contributed by atoms with van der Waals surface area (Å²) < 4.78 is 10.1. The second-order valence-electron chi connectivity index (χ2n) is 4.84. The molecule has 0 radical (unpaired) electrons. The Labute approximate surface area is 110 Å². The molecule has 0 aromatic carbocycles. The summed E-state index contributed by atoms with van der Waals surface area (Å²) in [6.45, 7) is 4.33. The van der Waals surface area contributed by atoms with E-state index in [9.17, 15) is 4.79 Å². The number of aryl methyl sites for hydroxylation is 2. The van der Waals surface area contributed by atoms with Crippen molar-refractivity contribution in [2.45, 2.75) is 32.7 Å². The van der Waals surface area contributed by atoms with Crippen molar-refractivity contribution in [3.8, 4) is 0 Å². The molecule has 1 aliphatic heterocycles. The van der Waals surface area contributed by atoms with Crippen molar-refractivity contribution in [1.29, 1.82) is 0 Å². The number of carbonyl (C=O) groups is 1. The van der Waals surface area contributed by atoms with Crippen molar-refractivity contribution in [1.82, 2.24) is 15.2 Å². The first kappa shape index (κ1) is 12.0. The molecule has 0 spiro atoms. The van der Waals surface area contributed by atoms with Gasteiger partial charge in [-0.2, -0.15) is 0 Å². The van der Waals surface area contributed by atoms with Gasteiger partial charge in [-0.15, -0.1) is 0 Å². The zero-order valence-electron chi connectivity index (χ0n) is 10.9. The predicted octanol–water partition coefficient (Wildman–Crippen LogP) is 2.26. The molecule has 0 bridgehead atoms. The van der Waals surface area contributed by atoms with Crippen LogP contribution in [0.25, 0.3) is 0 Å². The van der Waals surface area contributed by atoms with E-state index in [2.05, 4.69) is 10.3 Å². The number of nitrogens with zero attached hydrogens (tertiary/aromatic N) is 3. The van der Waals surface area contributed by atoms with Gasteiger partial charge in [-0.1, -0.05) is 10.3 Å². The third-order valence-electron chi connectivity index (χ3n) is 3.35. The fourth-order valence-corrected chi connectivity index (χ4v) is 2.47. The Morgan fingerprint density at radius 2 is 2.00 bits per heavy atom. The molecular formula is C13H15N3O3. The minimum atomic E-state index is -0.111. The number of carbonyl (C=O) groups excluding carboxylic acids is 1. The lowest BCUT2D eigenvalue weighted by Crippen LogP contribution is -2.30. The molecule has 6 heteroatoms. The normalized spacial score (nSPS) is 19.1. The Bertz CT molecular complexity index is 602. The molecule has 1 amide bonds. The standard InChI is InChI=1S/C13H15N3O3/c1-8-6-10(14-18-8)12-4-3-5-16(12)13(17)11-7-9(2)19-15-11/h6-7,12H,3-5H2,1-2H3. The summed E-state index contributed by atoms with van der Waals surface area (Å²) in [5.41, 5.74) is 1.16. The third kappa shape index (κ3) is 2.14. The molecule has 19 heavy (non-hydrogen) atoms. The summed E-state index contributed by atoms with van der Waals surface area (Å²) >= 11 is 0. The average molecular weight is 261 g/mol. The minimum Gasteiger partial charge on any atom is -0.361 e. The number of aromatic nitrogens is 2. The highest BCUT2D eigenvalue weighted by Crippen LogP contribution is 2.32. The SMILES string of the molecule is Cc1cc(C(=O)N2CCCC2c2cc(C)on2)no1. The van der Waals surface area contributed by atoms with Gasteiger partial charge in [0.15, 0.2) is 5.69 Å².